The van der Waals surface area contributed by atoms with Crippen molar-refractivity contribution in [2.24, 2.45) is 0 Å². The number of carboxylic acids is 1. The van der Waals surface area contributed by atoms with Crippen LogP contribution in [0.5, 0.6) is 0 Å². The van der Waals surface area contributed by atoms with E-state index in [0.29, 0.717) is 30.6 Å². The maximum atomic E-state index is 14.3. The summed E-state index contributed by atoms with van der Waals surface area (Å²) in [5, 5.41) is 9.81. The number of nitrogens with zero attached hydrogens (tertiary/aromatic N) is 2. The predicted molar refractivity (Wildman–Crippen MR) is 84.0 cm³/mol. The van der Waals surface area contributed by atoms with E-state index in [1.807, 2.05) is 0 Å². The van der Waals surface area contributed by atoms with Crippen LogP contribution in [0.25, 0.3) is 10.9 Å². The summed E-state index contributed by atoms with van der Waals surface area (Å²) in [7, 11) is 0. The van der Waals surface area contributed by atoms with Gasteiger partial charge >= 0.3 is 5.97 Å². The number of amides is 1. The minimum Gasteiger partial charge on any atom is -0.480 e. The SMILES string of the molecule is CCCCN1CCc2c(n(CC(=O)O)c3c(F)cccc23)C1=O. The van der Waals surface area contributed by atoms with Crippen LogP contribution in [0, 0.1) is 5.82 Å². The molecule has 1 amide bonds. The van der Waals surface area contributed by atoms with Gasteiger partial charge in [0.2, 0.25) is 0 Å². The van der Waals surface area contributed by atoms with Crippen LogP contribution in [0.4, 0.5) is 4.39 Å². The molecule has 0 saturated heterocycles. The fourth-order valence-corrected chi connectivity index (χ4v) is 3.29. The fourth-order valence-electron chi connectivity index (χ4n) is 3.29. The first-order valence-electron chi connectivity index (χ1n) is 7.85. The summed E-state index contributed by atoms with van der Waals surface area (Å²) in [6, 6.07) is 4.65. The average molecular weight is 318 g/mol. The number of aromatic nitrogens is 1. The molecule has 0 bridgehead atoms. The molecule has 6 heteroatoms. The standard InChI is InChI=1S/C17H19FN2O3/c1-2-3-8-19-9-7-12-11-5-4-6-13(18)15(11)20(10-14(21)22)16(12)17(19)23/h4-6H,2-3,7-10H2,1H3,(H,21,22). The Morgan fingerprint density at radius 2 is 2.17 bits per heavy atom. The molecule has 1 aliphatic rings. The molecule has 23 heavy (non-hydrogen) atoms. The number of carbonyl (C=O) groups is 2. The predicted octanol–water partition coefficient (Wildman–Crippen LogP) is 2.66. The number of hydrogen-bond donors (Lipinski definition) is 1. The van der Waals surface area contributed by atoms with Crippen molar-refractivity contribution in [2.75, 3.05) is 13.1 Å². The second kappa shape index (κ2) is 6.02. The summed E-state index contributed by atoms with van der Waals surface area (Å²) in [5.74, 6) is -1.78. The first-order valence-corrected chi connectivity index (χ1v) is 7.85. The molecule has 2 aromatic rings. The molecule has 0 fully saturated rings. The lowest BCUT2D eigenvalue weighted by Gasteiger charge is -2.28. The minimum atomic E-state index is -1.09. The molecular weight excluding hydrogens is 299 g/mol. The van der Waals surface area contributed by atoms with E-state index in [-0.39, 0.29) is 11.4 Å². The van der Waals surface area contributed by atoms with Crippen LogP contribution < -0.4 is 0 Å². The molecular formula is C17H19FN2O3. The molecule has 2 heterocycles. The van der Waals surface area contributed by atoms with Crippen molar-refractivity contribution in [1.29, 1.82) is 0 Å². The molecule has 5 nitrogen and oxygen atoms in total. The van der Waals surface area contributed by atoms with Crippen molar-refractivity contribution in [2.45, 2.75) is 32.7 Å². The van der Waals surface area contributed by atoms with Crippen molar-refractivity contribution in [3.8, 4) is 0 Å². The zero-order valence-electron chi connectivity index (χ0n) is 13.0. The molecule has 1 aromatic heterocycles. The van der Waals surface area contributed by atoms with Crippen LogP contribution in [-0.4, -0.2) is 39.5 Å². The van der Waals surface area contributed by atoms with Gasteiger partial charge in [0.1, 0.15) is 18.1 Å². The number of benzene rings is 1. The fraction of sp³-hybridized carbons (Fsp3) is 0.412. The Morgan fingerprint density at radius 3 is 2.87 bits per heavy atom. The monoisotopic (exact) mass is 318 g/mol. The third kappa shape index (κ3) is 2.58. The molecule has 1 N–H and O–H groups in total. The number of carbonyl (C=O) groups excluding carboxylic acids is 1. The highest BCUT2D eigenvalue weighted by Gasteiger charge is 2.32. The van der Waals surface area contributed by atoms with Crippen LogP contribution in [0.2, 0.25) is 0 Å². The molecule has 0 aliphatic carbocycles. The minimum absolute atomic E-state index is 0.198. The van der Waals surface area contributed by atoms with Crippen LogP contribution in [0.15, 0.2) is 18.2 Å². The molecule has 1 aromatic carbocycles. The van der Waals surface area contributed by atoms with Gasteiger partial charge < -0.3 is 14.6 Å². The van der Waals surface area contributed by atoms with Crippen molar-refractivity contribution in [3.05, 3.63) is 35.3 Å². The average Bonchev–Trinajstić information content (AvgIpc) is 2.82. The van der Waals surface area contributed by atoms with Crippen molar-refractivity contribution in [3.63, 3.8) is 0 Å². The summed E-state index contributed by atoms with van der Waals surface area (Å²) in [4.78, 5) is 25.7. The van der Waals surface area contributed by atoms with Gasteiger partial charge in [0.15, 0.2) is 0 Å². The number of para-hydroxylation sites is 1. The lowest BCUT2D eigenvalue weighted by Crippen LogP contribution is -2.39. The van der Waals surface area contributed by atoms with E-state index in [0.717, 1.165) is 18.4 Å². The normalized spacial score (nSPS) is 14.3. The quantitative estimate of drug-likeness (QED) is 0.922. The third-order valence-corrected chi connectivity index (χ3v) is 4.33. The maximum Gasteiger partial charge on any atom is 0.323 e. The molecule has 0 spiro atoms. The number of unbranched alkanes of at least 4 members (excludes halogenated alkanes) is 1. The van der Waals surface area contributed by atoms with Gasteiger partial charge in [-0.05, 0) is 24.5 Å². The first-order chi connectivity index (χ1) is 11.0. The first kappa shape index (κ1) is 15.5. The number of aliphatic carboxylic acids is 1. The van der Waals surface area contributed by atoms with Gasteiger partial charge in [-0.15, -0.1) is 0 Å². The highest BCUT2D eigenvalue weighted by molar-refractivity contribution is 6.03. The van der Waals surface area contributed by atoms with E-state index in [9.17, 15) is 14.0 Å². The summed E-state index contributed by atoms with van der Waals surface area (Å²) in [6.07, 6.45) is 2.50. The van der Waals surface area contributed by atoms with Crippen LogP contribution in [-0.2, 0) is 17.8 Å². The van der Waals surface area contributed by atoms with Gasteiger partial charge in [0.05, 0.1) is 5.52 Å². The topological polar surface area (TPSA) is 62.5 Å². The number of halogens is 1. The highest BCUT2D eigenvalue weighted by Crippen LogP contribution is 2.32. The Balaban J connectivity index is 2.17. The largest absolute Gasteiger partial charge is 0.480 e. The summed E-state index contributed by atoms with van der Waals surface area (Å²) in [5.41, 5.74) is 1.30. The lowest BCUT2D eigenvalue weighted by molar-refractivity contribution is -0.137. The van der Waals surface area contributed by atoms with Gasteiger partial charge in [-0.3, -0.25) is 9.59 Å². The zero-order valence-corrected chi connectivity index (χ0v) is 13.0. The Hall–Kier alpha value is -2.37. The molecule has 0 radical (unpaired) electrons. The van der Waals surface area contributed by atoms with Gasteiger partial charge in [0.25, 0.3) is 5.91 Å². The van der Waals surface area contributed by atoms with E-state index in [1.54, 1.807) is 17.0 Å². The zero-order chi connectivity index (χ0) is 16.6. The van der Waals surface area contributed by atoms with E-state index in [1.165, 1.54) is 10.6 Å². The van der Waals surface area contributed by atoms with E-state index in [4.69, 9.17) is 5.11 Å². The molecule has 0 atom stereocenters. The van der Waals surface area contributed by atoms with Crippen molar-refractivity contribution in [1.82, 2.24) is 9.47 Å². The Morgan fingerprint density at radius 1 is 1.39 bits per heavy atom. The molecule has 1 aliphatic heterocycles. The maximum absolute atomic E-state index is 14.3. The molecule has 0 unspecified atom stereocenters. The van der Waals surface area contributed by atoms with E-state index in [2.05, 4.69) is 6.92 Å². The van der Waals surface area contributed by atoms with E-state index >= 15 is 0 Å². The third-order valence-electron chi connectivity index (χ3n) is 4.33. The van der Waals surface area contributed by atoms with Gasteiger partial charge in [0, 0.05) is 18.5 Å². The van der Waals surface area contributed by atoms with Crippen LogP contribution in [0.3, 0.4) is 0 Å². The Labute approximate surface area is 133 Å². The summed E-state index contributed by atoms with van der Waals surface area (Å²) < 4.78 is 15.6. The number of fused-ring (bicyclic) bond motifs is 3. The van der Waals surface area contributed by atoms with Crippen LogP contribution >= 0.6 is 0 Å². The van der Waals surface area contributed by atoms with Crippen molar-refractivity contribution >= 4 is 22.8 Å². The van der Waals surface area contributed by atoms with Gasteiger partial charge in [-0.2, -0.15) is 0 Å². The van der Waals surface area contributed by atoms with Crippen molar-refractivity contribution < 1.29 is 19.1 Å². The summed E-state index contributed by atoms with van der Waals surface area (Å²) >= 11 is 0. The number of rotatable bonds is 5. The lowest BCUT2D eigenvalue weighted by atomic mass is 10.0. The molecule has 122 valence electrons. The number of carboxylic acid groups (broad SMARTS) is 1. The molecule has 0 saturated carbocycles. The highest BCUT2D eigenvalue weighted by atomic mass is 19.1. The van der Waals surface area contributed by atoms with Gasteiger partial charge in [-0.1, -0.05) is 25.5 Å². The number of hydrogen-bond acceptors (Lipinski definition) is 2. The van der Waals surface area contributed by atoms with Gasteiger partial charge in [-0.25, -0.2) is 4.39 Å². The molecule has 3 rings (SSSR count). The van der Waals surface area contributed by atoms with Crippen LogP contribution in [0.1, 0.15) is 35.8 Å². The summed E-state index contributed by atoms with van der Waals surface area (Å²) in [6.45, 7) is 2.87. The van der Waals surface area contributed by atoms with E-state index < -0.39 is 18.3 Å². The smallest absolute Gasteiger partial charge is 0.323 e. The Bertz CT molecular complexity index is 782. The Kier molecular flexibility index (Phi) is 4.07. The second-order valence-electron chi connectivity index (χ2n) is 5.84. The second-order valence-corrected chi connectivity index (χ2v) is 5.84.